The van der Waals surface area contributed by atoms with Gasteiger partial charge in [-0.3, -0.25) is 9.59 Å². The zero-order valence-corrected chi connectivity index (χ0v) is 11.2. The first-order chi connectivity index (χ1) is 8.27. The van der Waals surface area contributed by atoms with E-state index in [4.69, 9.17) is 4.74 Å². The molecule has 3 heteroatoms. The molecule has 1 saturated heterocycles. The van der Waals surface area contributed by atoms with Crippen LogP contribution in [0.1, 0.15) is 38.1 Å². The van der Waals surface area contributed by atoms with Crippen molar-refractivity contribution < 1.29 is 14.3 Å². The van der Waals surface area contributed by atoms with Crippen molar-refractivity contribution in [2.45, 2.75) is 39.4 Å². The minimum absolute atomic E-state index is 0.0192. The monoisotopic (exact) mass is 246 g/mol. The predicted octanol–water partition coefficient (Wildman–Crippen LogP) is 2.64. The van der Waals surface area contributed by atoms with Gasteiger partial charge in [0.15, 0.2) is 23.3 Å². The molecule has 2 rings (SSSR count). The zero-order chi connectivity index (χ0) is 13.6. The lowest BCUT2D eigenvalue weighted by atomic mass is 9.83. The van der Waals surface area contributed by atoms with Gasteiger partial charge < -0.3 is 4.74 Å². The number of ketones is 2. The molecule has 0 radical (unpaired) electrons. The Morgan fingerprint density at radius 2 is 1.72 bits per heavy atom. The molecule has 1 aromatic rings. The Labute approximate surface area is 107 Å². The van der Waals surface area contributed by atoms with Gasteiger partial charge in [0, 0.05) is 11.0 Å². The highest BCUT2D eigenvalue weighted by molar-refractivity contribution is 6.09. The largest absolute Gasteiger partial charge is 0.349 e. The Balaban J connectivity index is 2.18. The molecular weight excluding hydrogens is 228 g/mol. The van der Waals surface area contributed by atoms with Crippen LogP contribution in [0.2, 0.25) is 0 Å². The quantitative estimate of drug-likeness (QED) is 0.608. The van der Waals surface area contributed by atoms with Crippen LogP contribution in [0.3, 0.4) is 0 Å². The second-order valence-corrected chi connectivity index (χ2v) is 5.91. The van der Waals surface area contributed by atoms with E-state index in [1.807, 2.05) is 26.8 Å². The summed E-state index contributed by atoms with van der Waals surface area (Å²) < 4.78 is 5.41. The highest BCUT2D eigenvalue weighted by atomic mass is 16.6. The molecule has 3 nitrogen and oxygen atoms in total. The van der Waals surface area contributed by atoms with Crippen molar-refractivity contribution in [1.82, 2.24) is 0 Å². The topological polar surface area (TPSA) is 46.7 Å². The van der Waals surface area contributed by atoms with Gasteiger partial charge in [-0.2, -0.15) is 0 Å². The molecule has 0 bridgehead atoms. The maximum absolute atomic E-state index is 12.3. The summed E-state index contributed by atoms with van der Waals surface area (Å²) in [4.78, 5) is 24.4. The fourth-order valence-corrected chi connectivity index (χ4v) is 1.96. The van der Waals surface area contributed by atoms with E-state index in [9.17, 15) is 9.59 Å². The highest BCUT2D eigenvalue weighted by Gasteiger charge is 2.63. The molecule has 0 spiro atoms. The van der Waals surface area contributed by atoms with Crippen LogP contribution in [0, 0.1) is 5.41 Å². The molecule has 1 aromatic carbocycles. The second kappa shape index (κ2) is 4.02. The van der Waals surface area contributed by atoms with Gasteiger partial charge in [0.1, 0.15) is 0 Å². The van der Waals surface area contributed by atoms with E-state index in [2.05, 4.69) is 0 Å². The van der Waals surface area contributed by atoms with Crippen LogP contribution in [-0.2, 0) is 9.53 Å². The third-order valence-corrected chi connectivity index (χ3v) is 3.27. The average Bonchev–Trinajstić information content (AvgIpc) is 3.01. The standard InChI is InChI=1S/C15H18O3/c1-14(2,3)12(17)13-15(4,18-13)11(16)10-8-6-5-7-9-10/h5-9,13H,1-4H3. The minimum atomic E-state index is -0.980. The highest BCUT2D eigenvalue weighted by Crippen LogP contribution is 2.42. The summed E-state index contributed by atoms with van der Waals surface area (Å²) in [6.45, 7) is 7.20. The van der Waals surface area contributed by atoms with Crippen molar-refractivity contribution in [1.29, 1.82) is 0 Å². The van der Waals surface area contributed by atoms with Crippen molar-refractivity contribution in [2.24, 2.45) is 5.41 Å². The van der Waals surface area contributed by atoms with Crippen molar-refractivity contribution in [3.8, 4) is 0 Å². The van der Waals surface area contributed by atoms with Crippen LogP contribution in [0.25, 0.3) is 0 Å². The van der Waals surface area contributed by atoms with E-state index in [1.54, 1.807) is 31.2 Å². The normalized spacial score (nSPS) is 26.8. The van der Waals surface area contributed by atoms with Gasteiger partial charge >= 0.3 is 0 Å². The molecule has 1 heterocycles. The molecule has 1 aliphatic heterocycles. The smallest absolute Gasteiger partial charge is 0.197 e. The van der Waals surface area contributed by atoms with Crippen LogP contribution in [-0.4, -0.2) is 23.3 Å². The number of Topliss-reactive ketones (excluding diaryl/α,β-unsaturated/α-hetero) is 2. The molecule has 0 N–H and O–H groups in total. The SMILES string of the molecule is CC(C)(C)C(=O)C1OC1(C)C(=O)c1ccccc1. The molecule has 96 valence electrons. The number of epoxide rings is 1. The van der Waals surface area contributed by atoms with Gasteiger partial charge in [0.2, 0.25) is 0 Å². The van der Waals surface area contributed by atoms with Gasteiger partial charge in [0.05, 0.1) is 0 Å². The molecule has 1 fully saturated rings. The van der Waals surface area contributed by atoms with Crippen LogP contribution >= 0.6 is 0 Å². The summed E-state index contributed by atoms with van der Waals surface area (Å²) in [6.07, 6.45) is -0.606. The molecular formula is C15H18O3. The maximum atomic E-state index is 12.3. The number of benzene rings is 1. The summed E-state index contributed by atoms with van der Waals surface area (Å²) in [5, 5.41) is 0. The van der Waals surface area contributed by atoms with E-state index >= 15 is 0 Å². The predicted molar refractivity (Wildman–Crippen MR) is 68.5 cm³/mol. The van der Waals surface area contributed by atoms with Crippen LogP contribution in [0.15, 0.2) is 30.3 Å². The minimum Gasteiger partial charge on any atom is -0.349 e. The molecule has 1 aliphatic rings. The third kappa shape index (κ3) is 2.10. The number of ether oxygens (including phenoxy) is 1. The summed E-state index contributed by atoms with van der Waals surface area (Å²) >= 11 is 0. The molecule has 0 aromatic heterocycles. The van der Waals surface area contributed by atoms with Crippen molar-refractivity contribution in [3.05, 3.63) is 35.9 Å². The Morgan fingerprint density at radius 3 is 2.22 bits per heavy atom. The summed E-state index contributed by atoms with van der Waals surface area (Å²) in [5.41, 5.74) is -0.880. The first-order valence-electron chi connectivity index (χ1n) is 6.09. The van der Waals surface area contributed by atoms with Gasteiger partial charge in [-0.05, 0) is 6.92 Å². The van der Waals surface area contributed by atoms with E-state index in [1.165, 1.54) is 0 Å². The van der Waals surface area contributed by atoms with Gasteiger partial charge in [-0.15, -0.1) is 0 Å². The second-order valence-electron chi connectivity index (χ2n) is 5.91. The first-order valence-corrected chi connectivity index (χ1v) is 6.09. The lowest BCUT2D eigenvalue weighted by Crippen LogP contribution is -2.33. The van der Waals surface area contributed by atoms with Gasteiger partial charge in [0.25, 0.3) is 0 Å². The zero-order valence-electron chi connectivity index (χ0n) is 11.2. The number of carbonyl (C=O) groups excluding carboxylic acids is 2. The van der Waals surface area contributed by atoms with E-state index in [0.29, 0.717) is 5.56 Å². The van der Waals surface area contributed by atoms with Crippen molar-refractivity contribution in [3.63, 3.8) is 0 Å². The Morgan fingerprint density at radius 1 is 1.17 bits per heavy atom. The Bertz CT molecular complexity index is 484. The lowest BCUT2D eigenvalue weighted by Gasteiger charge is -2.15. The van der Waals surface area contributed by atoms with E-state index < -0.39 is 17.1 Å². The van der Waals surface area contributed by atoms with Crippen LogP contribution in [0.5, 0.6) is 0 Å². The fourth-order valence-electron chi connectivity index (χ4n) is 1.96. The average molecular weight is 246 g/mol. The van der Waals surface area contributed by atoms with Gasteiger partial charge in [-0.25, -0.2) is 0 Å². The fraction of sp³-hybridized carbons (Fsp3) is 0.467. The molecule has 18 heavy (non-hydrogen) atoms. The third-order valence-electron chi connectivity index (χ3n) is 3.27. The van der Waals surface area contributed by atoms with Gasteiger partial charge in [-0.1, -0.05) is 51.1 Å². The first kappa shape index (κ1) is 13.0. The van der Waals surface area contributed by atoms with Crippen molar-refractivity contribution >= 4 is 11.6 Å². The number of hydrogen-bond donors (Lipinski definition) is 0. The molecule has 0 aliphatic carbocycles. The van der Waals surface area contributed by atoms with E-state index in [0.717, 1.165) is 0 Å². The summed E-state index contributed by atoms with van der Waals surface area (Å²) in [7, 11) is 0. The summed E-state index contributed by atoms with van der Waals surface area (Å²) in [6, 6.07) is 8.95. The van der Waals surface area contributed by atoms with Crippen LogP contribution in [0.4, 0.5) is 0 Å². The van der Waals surface area contributed by atoms with Crippen molar-refractivity contribution in [2.75, 3.05) is 0 Å². The molecule has 0 saturated carbocycles. The Kier molecular flexibility index (Phi) is 2.90. The maximum Gasteiger partial charge on any atom is 0.197 e. The summed E-state index contributed by atoms with van der Waals surface area (Å²) in [5.74, 6) is -0.139. The van der Waals surface area contributed by atoms with E-state index in [-0.39, 0.29) is 11.6 Å². The number of carbonyl (C=O) groups is 2. The van der Waals surface area contributed by atoms with Crippen LogP contribution < -0.4 is 0 Å². The number of rotatable bonds is 3. The molecule has 2 unspecified atom stereocenters. The molecule has 2 atom stereocenters. The number of hydrogen-bond acceptors (Lipinski definition) is 3. The lowest BCUT2D eigenvalue weighted by molar-refractivity contribution is -0.127. The Hall–Kier alpha value is -1.48. The molecule has 0 amide bonds.